The van der Waals surface area contributed by atoms with Crippen molar-refractivity contribution in [1.29, 1.82) is 0 Å². The summed E-state index contributed by atoms with van der Waals surface area (Å²) in [6, 6.07) is 4.76. The lowest BCUT2D eigenvalue weighted by atomic mass is 10.1. The number of carbonyl (C=O) groups is 1. The number of rotatable bonds is 3. The first-order valence-electron chi connectivity index (χ1n) is 8.14. The lowest BCUT2D eigenvalue weighted by molar-refractivity contribution is 0.109. The van der Waals surface area contributed by atoms with Crippen molar-refractivity contribution in [3.05, 3.63) is 54.4 Å². The first kappa shape index (κ1) is 18.7. The zero-order chi connectivity index (χ0) is 18.0. The summed E-state index contributed by atoms with van der Waals surface area (Å²) in [5.74, 6) is -0.281. The summed E-state index contributed by atoms with van der Waals surface area (Å²) >= 11 is 11.5. The molecule has 0 aliphatic carbocycles. The fourth-order valence-electron chi connectivity index (χ4n) is 2.96. The molecular formula is C18H18BrClFNO2S. The van der Waals surface area contributed by atoms with E-state index in [0.29, 0.717) is 36.7 Å². The Labute approximate surface area is 163 Å². The summed E-state index contributed by atoms with van der Waals surface area (Å²) in [5, 5.41) is 0.448. The molecule has 0 spiro atoms. The Balaban J connectivity index is 1.80. The number of hydrogen-bond donors (Lipinski definition) is 0. The molecule has 0 saturated carbocycles. The van der Waals surface area contributed by atoms with Crippen LogP contribution in [0.4, 0.5) is 9.18 Å². The van der Waals surface area contributed by atoms with Crippen LogP contribution >= 0.6 is 38.9 Å². The number of halogens is 3. The summed E-state index contributed by atoms with van der Waals surface area (Å²) in [6.07, 6.45) is 1.75. The zero-order valence-electron chi connectivity index (χ0n) is 13.8. The van der Waals surface area contributed by atoms with Gasteiger partial charge in [-0.1, -0.05) is 17.7 Å². The normalized spacial score (nSPS) is 14.2. The molecule has 0 bridgehead atoms. The van der Waals surface area contributed by atoms with Gasteiger partial charge in [0.15, 0.2) is 0 Å². The fraction of sp³-hybridized carbons (Fsp3) is 0.389. The van der Waals surface area contributed by atoms with Crippen molar-refractivity contribution in [1.82, 2.24) is 4.90 Å². The highest BCUT2D eigenvalue weighted by Gasteiger charge is 2.24. The molecule has 3 nitrogen and oxygen atoms in total. The summed E-state index contributed by atoms with van der Waals surface area (Å²) < 4.78 is 20.2. The Bertz CT molecular complexity index is 775. The van der Waals surface area contributed by atoms with Crippen LogP contribution in [0.25, 0.3) is 0 Å². The molecule has 3 rings (SSSR count). The van der Waals surface area contributed by atoms with E-state index < -0.39 is 0 Å². The Morgan fingerprint density at radius 3 is 2.88 bits per heavy atom. The SMILES string of the molecule is CCOC(=O)N1CCc2sc(Cc3c(F)cccc3Cl)c(Br)c2CC1. The van der Waals surface area contributed by atoms with Gasteiger partial charge in [-0.3, -0.25) is 0 Å². The van der Waals surface area contributed by atoms with Crippen LogP contribution in [-0.4, -0.2) is 30.7 Å². The highest BCUT2D eigenvalue weighted by molar-refractivity contribution is 9.10. The van der Waals surface area contributed by atoms with E-state index in [2.05, 4.69) is 15.9 Å². The second kappa shape index (κ2) is 8.06. The van der Waals surface area contributed by atoms with Crippen molar-refractivity contribution >= 4 is 45.0 Å². The second-order valence-electron chi connectivity index (χ2n) is 5.80. The highest BCUT2D eigenvalue weighted by Crippen LogP contribution is 2.38. The van der Waals surface area contributed by atoms with E-state index in [1.165, 1.54) is 16.5 Å². The third-order valence-corrected chi connectivity index (χ3v) is 7.12. The average Bonchev–Trinajstić information content (AvgIpc) is 2.75. The van der Waals surface area contributed by atoms with Crippen LogP contribution in [0.2, 0.25) is 5.02 Å². The smallest absolute Gasteiger partial charge is 0.409 e. The topological polar surface area (TPSA) is 29.5 Å². The minimum atomic E-state index is -0.281. The molecule has 1 aromatic heterocycles. The van der Waals surface area contributed by atoms with Crippen molar-refractivity contribution in [3.8, 4) is 0 Å². The first-order chi connectivity index (χ1) is 12.0. The third-order valence-electron chi connectivity index (χ3n) is 4.26. The van der Waals surface area contributed by atoms with Gasteiger partial charge in [0, 0.05) is 44.3 Å². The van der Waals surface area contributed by atoms with E-state index in [9.17, 15) is 9.18 Å². The molecule has 25 heavy (non-hydrogen) atoms. The summed E-state index contributed by atoms with van der Waals surface area (Å²) in [7, 11) is 0. The van der Waals surface area contributed by atoms with Crippen LogP contribution in [0, 0.1) is 5.82 Å². The molecule has 1 aliphatic heterocycles. The average molecular weight is 447 g/mol. The lowest BCUT2D eigenvalue weighted by Crippen LogP contribution is -2.33. The molecule has 0 unspecified atom stereocenters. The molecule has 0 radical (unpaired) electrons. The Morgan fingerprint density at radius 1 is 1.40 bits per heavy atom. The number of fused-ring (bicyclic) bond motifs is 1. The van der Waals surface area contributed by atoms with Crippen molar-refractivity contribution < 1.29 is 13.9 Å². The summed E-state index contributed by atoms with van der Waals surface area (Å²) in [4.78, 5) is 16.0. The number of thiophene rings is 1. The van der Waals surface area contributed by atoms with E-state index >= 15 is 0 Å². The standard InChI is InChI=1S/C18H18BrClFNO2S/c1-2-24-18(23)22-8-6-11-15(7-9-22)25-16(17(11)19)10-12-13(20)4-3-5-14(12)21/h3-5H,2,6-10H2,1H3. The number of amides is 1. The van der Waals surface area contributed by atoms with Gasteiger partial charge in [-0.25, -0.2) is 9.18 Å². The maximum absolute atomic E-state index is 14.1. The van der Waals surface area contributed by atoms with E-state index in [4.69, 9.17) is 16.3 Å². The molecular weight excluding hydrogens is 429 g/mol. The van der Waals surface area contributed by atoms with E-state index in [-0.39, 0.29) is 11.9 Å². The van der Waals surface area contributed by atoms with E-state index in [1.807, 2.05) is 6.92 Å². The Morgan fingerprint density at radius 2 is 2.16 bits per heavy atom. The van der Waals surface area contributed by atoms with Gasteiger partial charge < -0.3 is 9.64 Å². The number of benzene rings is 1. The molecule has 1 aromatic carbocycles. The second-order valence-corrected chi connectivity index (χ2v) is 8.19. The monoisotopic (exact) mass is 445 g/mol. The van der Waals surface area contributed by atoms with Gasteiger partial charge in [-0.05, 0) is 53.4 Å². The van der Waals surface area contributed by atoms with Crippen molar-refractivity contribution in [2.45, 2.75) is 26.2 Å². The van der Waals surface area contributed by atoms with Crippen molar-refractivity contribution in [2.75, 3.05) is 19.7 Å². The largest absolute Gasteiger partial charge is 0.450 e. The maximum atomic E-state index is 14.1. The Kier molecular flexibility index (Phi) is 6.02. The molecule has 1 amide bonds. The predicted molar refractivity (Wildman–Crippen MR) is 102 cm³/mol. The van der Waals surface area contributed by atoms with Gasteiger partial charge in [0.05, 0.1) is 6.61 Å². The van der Waals surface area contributed by atoms with Crippen molar-refractivity contribution in [3.63, 3.8) is 0 Å². The van der Waals surface area contributed by atoms with Crippen LogP contribution < -0.4 is 0 Å². The minimum absolute atomic E-state index is 0.257. The van der Waals surface area contributed by atoms with Gasteiger partial charge in [0.2, 0.25) is 0 Å². The van der Waals surface area contributed by atoms with Crippen LogP contribution in [0.3, 0.4) is 0 Å². The molecule has 134 valence electrons. The van der Waals surface area contributed by atoms with Gasteiger partial charge in [-0.15, -0.1) is 11.3 Å². The molecule has 0 N–H and O–H groups in total. The zero-order valence-corrected chi connectivity index (χ0v) is 16.9. The molecule has 7 heteroatoms. The molecule has 0 atom stereocenters. The van der Waals surface area contributed by atoms with Crippen molar-refractivity contribution in [2.24, 2.45) is 0 Å². The predicted octanol–water partition coefficient (Wildman–Crippen LogP) is 5.45. The Hall–Kier alpha value is -1.11. The molecule has 2 aromatic rings. The van der Waals surface area contributed by atoms with Crippen LogP contribution in [-0.2, 0) is 24.0 Å². The van der Waals surface area contributed by atoms with Gasteiger partial charge in [-0.2, -0.15) is 0 Å². The molecule has 2 heterocycles. The van der Waals surface area contributed by atoms with Gasteiger partial charge >= 0.3 is 6.09 Å². The van der Waals surface area contributed by atoms with E-state index in [0.717, 1.165) is 22.2 Å². The van der Waals surface area contributed by atoms with Crippen LogP contribution in [0.15, 0.2) is 22.7 Å². The lowest BCUT2D eigenvalue weighted by Gasteiger charge is -2.19. The summed E-state index contributed by atoms with van der Waals surface area (Å²) in [6.45, 7) is 3.46. The number of ether oxygens (including phenoxy) is 1. The van der Waals surface area contributed by atoms with Gasteiger partial charge in [0.25, 0.3) is 0 Å². The third kappa shape index (κ3) is 4.01. The quantitative estimate of drug-likeness (QED) is 0.627. The summed E-state index contributed by atoms with van der Waals surface area (Å²) in [5.41, 5.74) is 1.73. The molecule has 0 saturated heterocycles. The van der Waals surface area contributed by atoms with E-state index in [1.54, 1.807) is 28.4 Å². The minimum Gasteiger partial charge on any atom is -0.450 e. The molecule has 0 fully saturated rings. The number of nitrogens with zero attached hydrogens (tertiary/aromatic N) is 1. The number of carbonyl (C=O) groups excluding carboxylic acids is 1. The first-order valence-corrected chi connectivity index (χ1v) is 10.1. The van der Waals surface area contributed by atoms with Gasteiger partial charge in [0.1, 0.15) is 5.82 Å². The fourth-order valence-corrected chi connectivity index (χ4v) is 5.39. The maximum Gasteiger partial charge on any atom is 0.409 e. The molecule has 1 aliphatic rings. The van der Waals surface area contributed by atoms with Crippen LogP contribution in [0.1, 0.15) is 27.8 Å². The van der Waals surface area contributed by atoms with Crippen LogP contribution in [0.5, 0.6) is 0 Å². The number of hydrogen-bond acceptors (Lipinski definition) is 3. The highest BCUT2D eigenvalue weighted by atomic mass is 79.9.